The van der Waals surface area contributed by atoms with Crippen molar-refractivity contribution < 1.29 is 19.0 Å². The van der Waals surface area contributed by atoms with E-state index in [0.717, 1.165) is 25.9 Å². The largest absolute Gasteiger partial charge is 0.415 e. The summed E-state index contributed by atoms with van der Waals surface area (Å²) in [5.41, 5.74) is 1.76. The van der Waals surface area contributed by atoms with E-state index in [1.54, 1.807) is 0 Å². The molecule has 4 aliphatic rings. The first-order valence-electron chi connectivity index (χ1n) is 14.5. The molecular weight excluding hydrogens is 452 g/mol. The van der Waals surface area contributed by atoms with Crippen molar-refractivity contribution in [1.82, 2.24) is 0 Å². The highest BCUT2D eigenvalue weighted by molar-refractivity contribution is 6.77. The van der Waals surface area contributed by atoms with Crippen LogP contribution >= 0.6 is 0 Å². The normalized spacial score (nSPS) is 45.1. The van der Waals surface area contributed by atoms with Crippen molar-refractivity contribution in [3.63, 3.8) is 0 Å². The zero-order valence-electron chi connectivity index (χ0n) is 24.4. The molecule has 4 nitrogen and oxygen atoms in total. The van der Waals surface area contributed by atoms with Crippen molar-refractivity contribution in [2.45, 2.75) is 136 Å². The van der Waals surface area contributed by atoms with Crippen molar-refractivity contribution in [3.8, 4) is 0 Å². The third-order valence-corrected chi connectivity index (χ3v) is 17.1. The van der Waals surface area contributed by atoms with E-state index in [4.69, 9.17) is 13.9 Å². The van der Waals surface area contributed by atoms with Crippen LogP contribution in [0.3, 0.4) is 0 Å². The molecule has 3 aliphatic carbocycles. The minimum absolute atomic E-state index is 0.0369. The lowest BCUT2D eigenvalue weighted by Crippen LogP contribution is -2.65. The maximum Gasteiger partial charge on any atom is 0.200 e. The molecule has 1 saturated heterocycles. The Kier molecular flexibility index (Phi) is 7.33. The molecule has 1 aliphatic heterocycles. The zero-order chi connectivity index (χ0) is 26.1. The van der Waals surface area contributed by atoms with Gasteiger partial charge in [0, 0.05) is 12.5 Å². The van der Waals surface area contributed by atoms with Gasteiger partial charge < -0.3 is 19.0 Å². The van der Waals surface area contributed by atoms with E-state index in [1.807, 2.05) is 0 Å². The van der Waals surface area contributed by atoms with Crippen LogP contribution in [0.25, 0.3) is 0 Å². The first-order valence-corrected chi connectivity index (χ1v) is 16.6. The SMILES string of the molecule is CC(C)[Si](OC[C@@]12CC[C@H]3[C@H](C)[C@@H](O)C=C[C@]3(C)[C@H]1[C@@H]1OC(C)(C)O[C@@H]1[C@H](C)C2)(C(C)C)C(C)C. The van der Waals surface area contributed by atoms with Gasteiger partial charge in [0.1, 0.15) is 0 Å². The lowest BCUT2D eigenvalue weighted by molar-refractivity contribution is -0.192. The quantitative estimate of drug-likeness (QED) is 0.303. The molecule has 0 unspecified atom stereocenters. The number of hydrogen-bond acceptors (Lipinski definition) is 4. The number of fused-ring (bicyclic) bond motifs is 5. The van der Waals surface area contributed by atoms with Gasteiger partial charge in [0.05, 0.1) is 18.3 Å². The summed E-state index contributed by atoms with van der Waals surface area (Å²) < 4.78 is 20.8. The molecule has 5 heteroatoms. The van der Waals surface area contributed by atoms with Gasteiger partial charge in [-0.05, 0) is 78.3 Å². The summed E-state index contributed by atoms with van der Waals surface area (Å²) in [7, 11) is -2.00. The van der Waals surface area contributed by atoms with Crippen molar-refractivity contribution in [2.24, 2.45) is 34.5 Å². The highest BCUT2D eigenvalue weighted by Gasteiger charge is 2.67. The number of allylic oxidation sites excluding steroid dienone is 1. The molecule has 0 aromatic carbocycles. The lowest BCUT2D eigenvalue weighted by Gasteiger charge is -2.64. The summed E-state index contributed by atoms with van der Waals surface area (Å²) >= 11 is 0. The van der Waals surface area contributed by atoms with Crippen LogP contribution in [0.4, 0.5) is 0 Å². The third-order valence-electron chi connectivity index (χ3n) is 11.0. The second-order valence-electron chi connectivity index (χ2n) is 14.4. The van der Waals surface area contributed by atoms with Crippen LogP contribution in [-0.2, 0) is 13.9 Å². The van der Waals surface area contributed by atoms with Crippen molar-refractivity contribution in [3.05, 3.63) is 12.2 Å². The zero-order valence-corrected chi connectivity index (χ0v) is 25.4. The molecule has 0 bridgehead atoms. The highest BCUT2D eigenvalue weighted by atomic mass is 28.4. The van der Waals surface area contributed by atoms with Crippen LogP contribution in [0.15, 0.2) is 12.2 Å². The van der Waals surface area contributed by atoms with Gasteiger partial charge in [-0.15, -0.1) is 0 Å². The number of ether oxygens (including phenoxy) is 2. The topological polar surface area (TPSA) is 47.9 Å². The number of aliphatic hydroxyl groups is 1. The Morgan fingerprint density at radius 2 is 1.54 bits per heavy atom. The van der Waals surface area contributed by atoms with Gasteiger partial charge in [0.2, 0.25) is 0 Å². The van der Waals surface area contributed by atoms with Crippen LogP contribution in [0.2, 0.25) is 16.6 Å². The van der Waals surface area contributed by atoms with E-state index in [-0.39, 0.29) is 35.1 Å². The Labute approximate surface area is 216 Å². The fourth-order valence-electron chi connectivity index (χ4n) is 9.77. The first-order chi connectivity index (χ1) is 16.1. The molecule has 1 N–H and O–H groups in total. The fourth-order valence-corrected chi connectivity index (χ4v) is 15.3. The Balaban J connectivity index is 1.79. The monoisotopic (exact) mass is 506 g/mol. The summed E-state index contributed by atoms with van der Waals surface area (Å²) in [5, 5.41) is 10.7. The smallest absolute Gasteiger partial charge is 0.200 e. The average molecular weight is 507 g/mol. The molecule has 4 rings (SSSR count). The van der Waals surface area contributed by atoms with E-state index in [0.29, 0.717) is 34.4 Å². The first kappa shape index (κ1) is 27.8. The Hall–Kier alpha value is -0.203. The number of rotatable bonds is 6. The maximum atomic E-state index is 10.7. The van der Waals surface area contributed by atoms with Gasteiger partial charge in [-0.3, -0.25) is 0 Å². The van der Waals surface area contributed by atoms with E-state index in [1.165, 1.54) is 0 Å². The van der Waals surface area contributed by atoms with Gasteiger partial charge in [-0.2, -0.15) is 0 Å². The minimum Gasteiger partial charge on any atom is -0.415 e. The van der Waals surface area contributed by atoms with Crippen LogP contribution in [-0.4, -0.2) is 44.1 Å². The predicted octanol–water partition coefficient (Wildman–Crippen LogP) is 7.32. The molecule has 202 valence electrons. The lowest BCUT2D eigenvalue weighted by atomic mass is 9.42. The predicted molar refractivity (Wildman–Crippen MR) is 146 cm³/mol. The van der Waals surface area contributed by atoms with E-state index < -0.39 is 14.1 Å². The summed E-state index contributed by atoms with van der Waals surface area (Å²) in [5.74, 6) is 0.906. The third kappa shape index (κ3) is 4.24. The Morgan fingerprint density at radius 1 is 0.971 bits per heavy atom. The number of aliphatic hydroxyl groups excluding tert-OH is 1. The van der Waals surface area contributed by atoms with Crippen LogP contribution < -0.4 is 0 Å². The highest BCUT2D eigenvalue weighted by Crippen LogP contribution is 2.67. The molecule has 1 heterocycles. The molecule has 9 atom stereocenters. The van der Waals surface area contributed by atoms with Crippen LogP contribution in [0.1, 0.15) is 95.4 Å². The molecule has 0 aromatic heterocycles. The van der Waals surface area contributed by atoms with E-state index in [2.05, 4.69) is 88.3 Å². The van der Waals surface area contributed by atoms with Gasteiger partial charge in [0.15, 0.2) is 14.1 Å². The molecule has 0 amide bonds. The molecule has 3 fully saturated rings. The van der Waals surface area contributed by atoms with Crippen molar-refractivity contribution in [1.29, 1.82) is 0 Å². The van der Waals surface area contributed by atoms with Gasteiger partial charge in [-0.1, -0.05) is 74.5 Å². The van der Waals surface area contributed by atoms with Crippen molar-refractivity contribution >= 4 is 8.32 Å². The Bertz CT molecular complexity index is 784. The maximum absolute atomic E-state index is 10.7. The summed E-state index contributed by atoms with van der Waals surface area (Å²) in [6.45, 7) is 26.4. The molecular formula is C30H54O4Si. The number of hydrogen-bond donors (Lipinski definition) is 1. The molecule has 0 radical (unpaired) electrons. The fraction of sp³-hybridized carbons (Fsp3) is 0.933. The van der Waals surface area contributed by atoms with Gasteiger partial charge in [0.25, 0.3) is 0 Å². The van der Waals surface area contributed by atoms with Crippen LogP contribution in [0, 0.1) is 34.5 Å². The summed E-state index contributed by atoms with van der Waals surface area (Å²) in [4.78, 5) is 0. The Morgan fingerprint density at radius 3 is 2.11 bits per heavy atom. The van der Waals surface area contributed by atoms with E-state index in [9.17, 15) is 5.11 Å². The molecule has 2 saturated carbocycles. The molecule has 0 spiro atoms. The van der Waals surface area contributed by atoms with Crippen molar-refractivity contribution in [2.75, 3.05) is 6.61 Å². The van der Waals surface area contributed by atoms with Gasteiger partial charge in [-0.25, -0.2) is 0 Å². The van der Waals surface area contributed by atoms with Gasteiger partial charge >= 0.3 is 0 Å². The summed E-state index contributed by atoms with van der Waals surface area (Å²) in [6, 6.07) is 0. The second kappa shape index (κ2) is 9.22. The average Bonchev–Trinajstić information content (AvgIpc) is 3.06. The molecule has 0 aromatic rings. The van der Waals surface area contributed by atoms with E-state index >= 15 is 0 Å². The minimum atomic E-state index is -2.00. The molecule has 35 heavy (non-hydrogen) atoms. The second-order valence-corrected chi connectivity index (χ2v) is 19.9. The standard InChI is InChI=1S/C30H54O4Si/c1-18(2)35(19(3)4,20(5)6)32-17-30-15-12-23-22(8)24(31)13-14-29(23,11)27(30)26-25(21(7)16-30)33-28(9,10)34-26/h13-14,18-27,31H,12,15-17H2,1-11H3/t21-,22+,23+,24+,25-,26-,27-,29+,30+/m1/s1. The van der Waals surface area contributed by atoms with Crippen LogP contribution in [0.5, 0.6) is 0 Å². The summed E-state index contributed by atoms with van der Waals surface area (Å²) in [6.07, 6.45) is 7.69.